The Labute approximate surface area is 198 Å². The fourth-order valence-electron chi connectivity index (χ4n) is 3.72. The number of amides is 2. The first-order valence-electron chi connectivity index (χ1n) is 10.6. The number of hydrogen-bond donors (Lipinski definition) is 1. The molecule has 31 heavy (non-hydrogen) atoms. The molecule has 1 fully saturated rings. The van der Waals surface area contributed by atoms with Gasteiger partial charge in [0, 0.05) is 18.3 Å². The molecule has 1 aliphatic carbocycles. The first-order chi connectivity index (χ1) is 14.9. The second-order valence-corrected chi connectivity index (χ2v) is 9.71. The third-order valence-corrected chi connectivity index (χ3v) is 7.27. The minimum atomic E-state index is -0.570. The van der Waals surface area contributed by atoms with Gasteiger partial charge in [0.15, 0.2) is 0 Å². The topological polar surface area (TPSA) is 49.4 Å². The Morgan fingerprint density at radius 3 is 2.45 bits per heavy atom. The molecule has 0 unspecified atom stereocenters. The zero-order chi connectivity index (χ0) is 22.2. The number of rotatable bonds is 9. The van der Waals surface area contributed by atoms with Crippen LogP contribution >= 0.6 is 35.0 Å². The summed E-state index contributed by atoms with van der Waals surface area (Å²) in [5.74, 6) is 0.877. The minimum Gasteiger partial charge on any atom is -0.352 e. The van der Waals surface area contributed by atoms with Crippen LogP contribution in [0.15, 0.2) is 48.5 Å². The van der Waals surface area contributed by atoms with Gasteiger partial charge in [0.05, 0.1) is 15.8 Å². The number of nitrogens with one attached hydrogen (secondary N) is 1. The fourth-order valence-corrected chi connectivity index (χ4v) is 4.91. The zero-order valence-corrected chi connectivity index (χ0v) is 20.0. The van der Waals surface area contributed by atoms with E-state index >= 15 is 0 Å². The predicted molar refractivity (Wildman–Crippen MR) is 129 cm³/mol. The molecule has 0 heterocycles. The van der Waals surface area contributed by atoms with Crippen LogP contribution in [0.1, 0.15) is 43.7 Å². The summed E-state index contributed by atoms with van der Waals surface area (Å²) >= 11 is 13.8. The number of thioether (sulfide) groups is 1. The van der Waals surface area contributed by atoms with Gasteiger partial charge in [0.1, 0.15) is 6.04 Å². The predicted octanol–water partition coefficient (Wildman–Crippen LogP) is 5.70. The molecule has 1 saturated carbocycles. The van der Waals surface area contributed by atoms with Crippen molar-refractivity contribution in [3.8, 4) is 0 Å². The maximum atomic E-state index is 13.1. The zero-order valence-electron chi connectivity index (χ0n) is 17.7. The highest BCUT2D eigenvalue weighted by atomic mass is 35.5. The molecule has 1 aliphatic rings. The first kappa shape index (κ1) is 24.0. The van der Waals surface area contributed by atoms with E-state index in [1.165, 1.54) is 5.56 Å². The van der Waals surface area contributed by atoms with E-state index in [2.05, 4.69) is 5.32 Å². The van der Waals surface area contributed by atoms with Crippen molar-refractivity contribution in [3.63, 3.8) is 0 Å². The standard InChI is InChI=1S/C24H28Cl2N2O2S/c1-17(24(30)27-20-9-5-6-10-20)28(14-19-11-12-21(25)22(26)13-19)23(29)16-31-15-18-7-3-2-4-8-18/h2-4,7-8,11-13,17,20H,5-6,9-10,14-16H2,1H3,(H,27,30)/t17-/m1/s1. The Balaban J connectivity index is 1.67. The lowest BCUT2D eigenvalue weighted by Gasteiger charge is -2.30. The summed E-state index contributed by atoms with van der Waals surface area (Å²) < 4.78 is 0. The third kappa shape index (κ3) is 7.16. The van der Waals surface area contributed by atoms with Gasteiger partial charge in [-0.05, 0) is 43.0 Å². The summed E-state index contributed by atoms with van der Waals surface area (Å²) in [6, 6.07) is 15.0. The molecule has 0 radical (unpaired) electrons. The number of benzene rings is 2. The highest BCUT2D eigenvalue weighted by Crippen LogP contribution is 2.24. The normalized spacial score (nSPS) is 14.9. The molecular weight excluding hydrogens is 451 g/mol. The molecule has 1 N–H and O–H groups in total. The van der Waals surface area contributed by atoms with Crippen molar-refractivity contribution in [2.45, 2.75) is 57.0 Å². The molecular formula is C24H28Cl2N2O2S. The second-order valence-electron chi connectivity index (χ2n) is 7.91. The van der Waals surface area contributed by atoms with E-state index in [1.54, 1.807) is 35.7 Å². The molecule has 7 heteroatoms. The van der Waals surface area contributed by atoms with Crippen LogP contribution < -0.4 is 5.32 Å². The van der Waals surface area contributed by atoms with E-state index < -0.39 is 6.04 Å². The Morgan fingerprint density at radius 1 is 1.06 bits per heavy atom. The SMILES string of the molecule is C[C@H](C(=O)NC1CCCC1)N(Cc1ccc(Cl)c(Cl)c1)C(=O)CSCc1ccccc1. The van der Waals surface area contributed by atoms with E-state index in [1.807, 2.05) is 36.4 Å². The maximum absolute atomic E-state index is 13.1. The van der Waals surface area contributed by atoms with Crippen molar-refractivity contribution in [1.82, 2.24) is 10.2 Å². The Bertz CT molecular complexity index is 888. The van der Waals surface area contributed by atoms with E-state index in [9.17, 15) is 9.59 Å². The van der Waals surface area contributed by atoms with E-state index in [0.717, 1.165) is 37.0 Å². The summed E-state index contributed by atoms with van der Waals surface area (Å²) in [7, 11) is 0. The minimum absolute atomic E-state index is 0.0684. The van der Waals surface area contributed by atoms with Crippen molar-refractivity contribution in [2.75, 3.05) is 5.75 Å². The van der Waals surface area contributed by atoms with Crippen molar-refractivity contribution in [1.29, 1.82) is 0 Å². The third-order valence-electron chi connectivity index (χ3n) is 5.54. The van der Waals surface area contributed by atoms with Crippen molar-refractivity contribution < 1.29 is 9.59 Å². The number of carbonyl (C=O) groups is 2. The summed E-state index contributed by atoms with van der Waals surface area (Å²) in [5, 5.41) is 4.02. The van der Waals surface area contributed by atoms with Crippen LogP contribution in [-0.4, -0.2) is 34.6 Å². The van der Waals surface area contributed by atoms with Gasteiger partial charge in [0.25, 0.3) is 0 Å². The Morgan fingerprint density at radius 2 is 1.77 bits per heavy atom. The van der Waals surface area contributed by atoms with Gasteiger partial charge in [0.2, 0.25) is 11.8 Å². The van der Waals surface area contributed by atoms with Crippen LogP contribution in [0.25, 0.3) is 0 Å². The summed E-state index contributed by atoms with van der Waals surface area (Å²) in [6.45, 7) is 2.10. The molecule has 1 atom stereocenters. The van der Waals surface area contributed by atoms with Gasteiger partial charge in [-0.1, -0.05) is 72.4 Å². The lowest BCUT2D eigenvalue weighted by Crippen LogP contribution is -2.50. The molecule has 3 rings (SSSR count). The van der Waals surface area contributed by atoms with E-state index in [-0.39, 0.29) is 17.9 Å². The Hall–Kier alpha value is -1.69. The first-order valence-corrected chi connectivity index (χ1v) is 12.5. The van der Waals surface area contributed by atoms with Crippen LogP contribution in [0.2, 0.25) is 10.0 Å². The molecule has 0 aromatic heterocycles. The summed E-state index contributed by atoms with van der Waals surface area (Å²) in [4.78, 5) is 27.7. The van der Waals surface area contributed by atoms with Crippen LogP contribution in [0, 0.1) is 0 Å². The van der Waals surface area contributed by atoms with E-state index in [4.69, 9.17) is 23.2 Å². The van der Waals surface area contributed by atoms with Crippen molar-refractivity contribution in [2.24, 2.45) is 0 Å². The molecule has 2 amide bonds. The number of carbonyl (C=O) groups excluding carboxylic acids is 2. The molecule has 0 aliphatic heterocycles. The largest absolute Gasteiger partial charge is 0.352 e. The van der Waals surface area contributed by atoms with Crippen molar-refractivity contribution in [3.05, 3.63) is 69.7 Å². The molecule has 166 valence electrons. The van der Waals surface area contributed by atoms with Gasteiger partial charge >= 0.3 is 0 Å². The second kappa shape index (κ2) is 11.8. The van der Waals surface area contributed by atoms with Gasteiger partial charge in [-0.25, -0.2) is 0 Å². The quantitative estimate of drug-likeness (QED) is 0.502. The lowest BCUT2D eigenvalue weighted by molar-refractivity contribution is -0.138. The summed E-state index contributed by atoms with van der Waals surface area (Å²) in [6.07, 6.45) is 4.29. The van der Waals surface area contributed by atoms with E-state index in [0.29, 0.717) is 22.3 Å². The number of halogens is 2. The fraction of sp³-hybridized carbons (Fsp3) is 0.417. The maximum Gasteiger partial charge on any atom is 0.242 e. The molecule has 0 spiro atoms. The molecule has 2 aromatic carbocycles. The van der Waals surface area contributed by atoms with Gasteiger partial charge < -0.3 is 10.2 Å². The smallest absolute Gasteiger partial charge is 0.242 e. The van der Waals surface area contributed by atoms with Crippen LogP contribution in [0.4, 0.5) is 0 Å². The summed E-state index contributed by atoms with van der Waals surface area (Å²) in [5.41, 5.74) is 2.01. The van der Waals surface area contributed by atoms with Gasteiger partial charge in [-0.15, -0.1) is 11.8 Å². The van der Waals surface area contributed by atoms with Crippen molar-refractivity contribution >= 4 is 46.8 Å². The van der Waals surface area contributed by atoms with Crippen LogP contribution in [0.5, 0.6) is 0 Å². The monoisotopic (exact) mass is 478 g/mol. The number of hydrogen-bond acceptors (Lipinski definition) is 3. The van der Waals surface area contributed by atoms with Gasteiger partial charge in [-0.2, -0.15) is 0 Å². The molecule has 0 saturated heterocycles. The Kier molecular flexibility index (Phi) is 9.12. The van der Waals surface area contributed by atoms with Gasteiger partial charge in [-0.3, -0.25) is 9.59 Å². The lowest BCUT2D eigenvalue weighted by atomic mass is 10.1. The highest BCUT2D eigenvalue weighted by Gasteiger charge is 2.28. The average Bonchev–Trinajstić information content (AvgIpc) is 3.27. The number of nitrogens with zero attached hydrogens (tertiary/aromatic N) is 1. The van der Waals surface area contributed by atoms with Crippen LogP contribution in [-0.2, 0) is 21.9 Å². The molecule has 0 bridgehead atoms. The van der Waals surface area contributed by atoms with Crippen LogP contribution in [0.3, 0.4) is 0 Å². The molecule has 2 aromatic rings. The average molecular weight is 479 g/mol. The molecule has 4 nitrogen and oxygen atoms in total. The highest BCUT2D eigenvalue weighted by molar-refractivity contribution is 7.99.